The predicted molar refractivity (Wildman–Crippen MR) is 47.2 cm³/mol. The Morgan fingerprint density at radius 3 is 2.75 bits per heavy atom. The van der Waals surface area contributed by atoms with Gasteiger partial charge in [0.05, 0.1) is 0 Å². The average molecular weight is 190 g/mol. The Kier molecular flexibility index (Phi) is 6.22. The third-order valence-corrected chi connectivity index (χ3v) is 1.04. The second-order valence-electron chi connectivity index (χ2n) is 1.86. The van der Waals surface area contributed by atoms with E-state index in [4.69, 9.17) is 9.84 Å². The van der Waals surface area contributed by atoms with Crippen LogP contribution < -0.4 is 0 Å². The minimum absolute atomic E-state index is 0.0233. The van der Waals surface area contributed by atoms with Crippen molar-refractivity contribution in [1.82, 2.24) is 0 Å². The number of hydrogen-bond acceptors (Lipinski definition) is 4. The van der Waals surface area contributed by atoms with Gasteiger partial charge < -0.3 is 14.6 Å². The maximum absolute atomic E-state index is 9.97. The van der Waals surface area contributed by atoms with Crippen LogP contribution in [-0.4, -0.2) is 35.9 Å². The largest absolute Gasteiger partial charge is 0.481 e. The van der Waals surface area contributed by atoms with Crippen molar-refractivity contribution in [1.29, 1.82) is 0 Å². The summed E-state index contributed by atoms with van der Waals surface area (Å²) in [5.74, 6) is -1.03. The Morgan fingerprint density at radius 1 is 1.58 bits per heavy atom. The van der Waals surface area contributed by atoms with Gasteiger partial charge in [-0.25, -0.2) is 4.79 Å². The van der Waals surface area contributed by atoms with Crippen molar-refractivity contribution >= 4 is 23.2 Å². The summed E-state index contributed by atoms with van der Waals surface area (Å²) in [5, 5.41) is 8.41. The van der Waals surface area contributed by atoms with Crippen LogP contribution in [0, 0.1) is 0 Å². The van der Waals surface area contributed by atoms with Gasteiger partial charge in [0.25, 0.3) is 0 Å². The molecule has 0 rings (SSSR count). The molecular formula is C7H10O4S. The van der Waals surface area contributed by atoms with E-state index in [1.807, 2.05) is 0 Å². The van der Waals surface area contributed by atoms with Crippen LogP contribution in [0.4, 0.5) is 0 Å². The fourth-order valence-corrected chi connectivity index (χ4v) is 0.567. The van der Waals surface area contributed by atoms with E-state index in [1.54, 1.807) is 6.08 Å². The number of thiocarbonyl (C=S) groups is 1. The van der Waals surface area contributed by atoms with Gasteiger partial charge in [0, 0.05) is 0 Å². The van der Waals surface area contributed by atoms with E-state index in [2.05, 4.69) is 23.5 Å². The van der Waals surface area contributed by atoms with Gasteiger partial charge in [-0.05, 0) is 12.2 Å². The Balaban J connectivity index is 3.31. The zero-order valence-corrected chi connectivity index (χ0v) is 7.30. The van der Waals surface area contributed by atoms with Crippen molar-refractivity contribution in [3.63, 3.8) is 0 Å². The van der Waals surface area contributed by atoms with Gasteiger partial charge in [-0.3, -0.25) is 0 Å². The summed E-state index contributed by atoms with van der Waals surface area (Å²) in [6.45, 7) is 3.40. The van der Waals surface area contributed by atoms with Crippen LogP contribution in [0.15, 0.2) is 12.7 Å². The number of aliphatic carboxylic acids is 1. The van der Waals surface area contributed by atoms with Crippen LogP contribution in [-0.2, 0) is 14.3 Å². The second-order valence-corrected chi connectivity index (χ2v) is 2.31. The van der Waals surface area contributed by atoms with E-state index >= 15 is 0 Å². The summed E-state index contributed by atoms with van der Waals surface area (Å²) in [7, 11) is 0. The fraction of sp³-hybridized carbons (Fsp3) is 0.429. The van der Waals surface area contributed by atoms with Gasteiger partial charge in [-0.2, -0.15) is 0 Å². The van der Waals surface area contributed by atoms with Crippen molar-refractivity contribution in [2.24, 2.45) is 0 Å². The standard InChI is InChI=1S/C7H10O4S/c1-2-3-11-7(12)5-10-4-6(8)9/h2H,1,3-5H2,(H,8,9). The lowest BCUT2D eigenvalue weighted by atomic mass is 10.6. The average Bonchev–Trinajstić information content (AvgIpc) is 2.00. The summed E-state index contributed by atoms with van der Waals surface area (Å²) >= 11 is 4.68. The van der Waals surface area contributed by atoms with Crippen LogP contribution in [0.25, 0.3) is 0 Å². The van der Waals surface area contributed by atoms with Crippen molar-refractivity contribution in [3.05, 3.63) is 12.7 Å². The smallest absolute Gasteiger partial charge is 0.329 e. The minimum atomic E-state index is -1.03. The Labute approximate surface area is 75.8 Å². The molecule has 0 amide bonds. The summed E-state index contributed by atoms with van der Waals surface area (Å²) in [4.78, 5) is 9.97. The topological polar surface area (TPSA) is 55.8 Å². The first-order chi connectivity index (χ1) is 5.66. The minimum Gasteiger partial charge on any atom is -0.481 e. The number of rotatable bonds is 6. The summed E-state index contributed by atoms with van der Waals surface area (Å²) in [6.07, 6.45) is 1.55. The highest BCUT2D eigenvalue weighted by atomic mass is 32.1. The van der Waals surface area contributed by atoms with Gasteiger partial charge in [0.15, 0.2) is 5.05 Å². The number of carbonyl (C=O) groups is 1. The molecule has 0 spiro atoms. The zero-order chi connectivity index (χ0) is 9.40. The number of carboxylic acids is 1. The van der Waals surface area contributed by atoms with Gasteiger partial charge >= 0.3 is 5.97 Å². The van der Waals surface area contributed by atoms with Gasteiger partial charge in [-0.1, -0.05) is 12.7 Å². The second kappa shape index (κ2) is 6.75. The highest BCUT2D eigenvalue weighted by molar-refractivity contribution is 7.80. The van der Waals surface area contributed by atoms with Crippen molar-refractivity contribution in [2.45, 2.75) is 0 Å². The van der Waals surface area contributed by atoms with E-state index < -0.39 is 5.97 Å². The van der Waals surface area contributed by atoms with Gasteiger partial charge in [-0.15, -0.1) is 0 Å². The maximum Gasteiger partial charge on any atom is 0.329 e. The van der Waals surface area contributed by atoms with E-state index in [0.717, 1.165) is 0 Å². The molecule has 5 heteroatoms. The normalized spacial score (nSPS) is 9.00. The third kappa shape index (κ3) is 7.17. The van der Waals surface area contributed by atoms with Crippen molar-refractivity contribution < 1.29 is 19.4 Å². The molecule has 68 valence electrons. The molecule has 0 aromatic carbocycles. The van der Waals surface area contributed by atoms with Crippen LogP contribution in [0.1, 0.15) is 0 Å². The fourth-order valence-electron chi connectivity index (χ4n) is 0.415. The molecule has 4 nitrogen and oxygen atoms in total. The molecule has 0 atom stereocenters. The van der Waals surface area contributed by atoms with Crippen LogP contribution in [0.5, 0.6) is 0 Å². The maximum atomic E-state index is 9.97. The Morgan fingerprint density at radius 2 is 2.25 bits per heavy atom. The predicted octanol–water partition coefficient (Wildman–Crippen LogP) is 0.618. The number of ether oxygens (including phenoxy) is 2. The quantitative estimate of drug-likeness (QED) is 0.491. The van der Waals surface area contributed by atoms with Crippen LogP contribution in [0.2, 0.25) is 0 Å². The van der Waals surface area contributed by atoms with Gasteiger partial charge in [0.1, 0.15) is 19.8 Å². The lowest BCUT2D eigenvalue weighted by Crippen LogP contribution is -2.15. The highest BCUT2D eigenvalue weighted by Crippen LogP contribution is 1.85. The molecule has 0 fully saturated rings. The van der Waals surface area contributed by atoms with E-state index in [-0.39, 0.29) is 18.3 Å². The molecule has 0 unspecified atom stereocenters. The molecule has 0 aliphatic rings. The third-order valence-electron chi connectivity index (χ3n) is 0.808. The Bertz CT molecular complexity index is 178. The first kappa shape index (κ1) is 11.1. The molecule has 0 aromatic rings. The summed E-state index contributed by atoms with van der Waals surface area (Å²) in [5.41, 5.74) is 0. The molecule has 0 saturated heterocycles. The number of hydrogen-bond donors (Lipinski definition) is 1. The lowest BCUT2D eigenvalue weighted by Gasteiger charge is -2.03. The van der Waals surface area contributed by atoms with E-state index in [0.29, 0.717) is 6.61 Å². The van der Waals surface area contributed by atoms with Crippen molar-refractivity contribution in [2.75, 3.05) is 19.8 Å². The molecular weight excluding hydrogens is 180 g/mol. The molecule has 0 heterocycles. The molecule has 12 heavy (non-hydrogen) atoms. The monoisotopic (exact) mass is 190 g/mol. The van der Waals surface area contributed by atoms with E-state index in [1.165, 1.54) is 0 Å². The molecule has 0 bridgehead atoms. The molecule has 0 radical (unpaired) electrons. The lowest BCUT2D eigenvalue weighted by molar-refractivity contribution is -0.141. The molecule has 0 aromatic heterocycles. The first-order valence-electron chi connectivity index (χ1n) is 3.23. The number of carboxylic acid groups (broad SMARTS) is 1. The van der Waals surface area contributed by atoms with Crippen LogP contribution >= 0.6 is 12.2 Å². The molecule has 0 aliphatic heterocycles. The summed E-state index contributed by atoms with van der Waals surface area (Å²) < 4.78 is 9.52. The first-order valence-corrected chi connectivity index (χ1v) is 3.63. The van der Waals surface area contributed by atoms with Gasteiger partial charge in [0.2, 0.25) is 0 Å². The van der Waals surface area contributed by atoms with Crippen molar-refractivity contribution in [3.8, 4) is 0 Å². The molecule has 0 saturated carbocycles. The van der Waals surface area contributed by atoms with E-state index in [9.17, 15) is 4.79 Å². The molecule has 0 aliphatic carbocycles. The highest BCUT2D eigenvalue weighted by Gasteiger charge is 1.99. The SMILES string of the molecule is C=CCOC(=S)COCC(=O)O. The zero-order valence-electron chi connectivity index (χ0n) is 6.49. The molecule has 1 N–H and O–H groups in total. The summed E-state index contributed by atoms with van der Waals surface area (Å²) in [6, 6.07) is 0. The van der Waals surface area contributed by atoms with Crippen LogP contribution in [0.3, 0.4) is 0 Å². The Hall–Kier alpha value is -0.940.